The Morgan fingerprint density at radius 2 is 1.34 bits per heavy atom. The van der Waals surface area contributed by atoms with Gasteiger partial charge < -0.3 is 56.9 Å². The van der Waals surface area contributed by atoms with Crippen molar-refractivity contribution in [3.8, 4) is 22.6 Å². The second-order valence-electron chi connectivity index (χ2n) is 20.2. The summed E-state index contributed by atoms with van der Waals surface area (Å²) in [7, 11) is 4.60. The molecule has 2 saturated heterocycles. The van der Waals surface area contributed by atoms with E-state index in [9.17, 15) is 19.2 Å². The van der Waals surface area contributed by atoms with Gasteiger partial charge in [-0.1, -0.05) is 121 Å². The molecule has 6 aromatic carbocycles. The van der Waals surface area contributed by atoms with Crippen molar-refractivity contribution in [3.63, 3.8) is 0 Å². The number of amides is 1. The van der Waals surface area contributed by atoms with Crippen molar-refractivity contribution in [2.75, 3.05) is 53.0 Å². The largest absolute Gasteiger partial charge is 0.497 e. The van der Waals surface area contributed by atoms with E-state index in [1.54, 1.807) is 104 Å². The number of esters is 1. The molecule has 2 fully saturated rings. The van der Waals surface area contributed by atoms with Crippen molar-refractivity contribution in [1.82, 2.24) is 29.1 Å². The van der Waals surface area contributed by atoms with Crippen molar-refractivity contribution in [2.24, 2.45) is 0 Å². The van der Waals surface area contributed by atoms with Gasteiger partial charge in [-0.2, -0.15) is 0 Å². The van der Waals surface area contributed by atoms with E-state index in [2.05, 4.69) is 30.1 Å². The number of fused-ring (bicyclic) bond motifs is 1. The predicted octanol–water partition coefficient (Wildman–Crippen LogP) is 9.31. The highest BCUT2D eigenvalue weighted by Gasteiger charge is 2.51. The second kappa shape index (κ2) is 27.3. The van der Waals surface area contributed by atoms with Crippen molar-refractivity contribution < 1.29 is 56.3 Å². The van der Waals surface area contributed by atoms with Crippen molar-refractivity contribution in [1.29, 1.82) is 0 Å². The van der Waals surface area contributed by atoms with Gasteiger partial charge in [-0.25, -0.2) is 31.1 Å². The van der Waals surface area contributed by atoms with Crippen molar-refractivity contribution in [2.45, 2.75) is 55.0 Å². The van der Waals surface area contributed by atoms with Crippen LogP contribution in [0.15, 0.2) is 198 Å². The van der Waals surface area contributed by atoms with Gasteiger partial charge in [0.05, 0.1) is 51.0 Å². The van der Waals surface area contributed by atoms with Crippen LogP contribution in [-0.2, 0) is 54.7 Å². The highest BCUT2D eigenvalue weighted by atomic mass is 32.5. The molecular weight excluding hydrogens is 1170 g/mol. The topological polar surface area (TPSA) is 241 Å². The van der Waals surface area contributed by atoms with Crippen LogP contribution in [0.1, 0.15) is 56.3 Å². The van der Waals surface area contributed by atoms with E-state index < -0.39 is 85.0 Å². The standard InChI is InChI=1S/C64H59N8O14PS/c1-65-33-34-81-87(88,82-38-52-55(85-62(75)43-21-13-7-14-22-43)56(79-4)61(84-52)72-40-68-54-57(66-39-67-58(54)72)69-59(73)42-19-11-6-12-20-42)86-50-35-53(71-36-49(60(74)70-63(71)76)41-17-9-5-10-18-41)83-51(50)37-80-64(44-23-15-8-16-24-44,45-25-29-47(77-2)30-26-45)46-27-31-48(78-3)32-28-46/h5-32,36,39-40,50-53,55-56,61H,33-35,37-38H2,2-4H3,(H,70,74,76)(H,66,67,69,73)/t50?,51-,52-,53-,55?,56+,61-,87?/m1/s1. The summed E-state index contributed by atoms with van der Waals surface area (Å²) in [6.07, 6.45) is -3.71. The highest BCUT2D eigenvalue weighted by molar-refractivity contribution is 8.07. The monoisotopic (exact) mass is 1230 g/mol. The number of anilines is 1. The molecule has 3 unspecified atom stereocenters. The number of hydrogen-bond donors (Lipinski definition) is 2. The molecule has 3 aromatic heterocycles. The molecule has 450 valence electrons. The summed E-state index contributed by atoms with van der Waals surface area (Å²) < 4.78 is 67.4. The first-order valence-electron chi connectivity index (χ1n) is 27.9. The molecule has 5 heterocycles. The Balaban J connectivity index is 0.952. The van der Waals surface area contributed by atoms with E-state index >= 15 is 0 Å². The number of carbonyl (C=O) groups is 2. The van der Waals surface area contributed by atoms with Crippen LogP contribution in [0.5, 0.6) is 11.5 Å². The van der Waals surface area contributed by atoms with Crippen LogP contribution in [-0.4, -0.2) is 119 Å². The quantitative estimate of drug-likeness (QED) is 0.0188. The minimum Gasteiger partial charge on any atom is -0.497 e. The van der Waals surface area contributed by atoms with Crippen LogP contribution < -0.4 is 26.0 Å². The number of hydrogen-bond acceptors (Lipinski definition) is 18. The van der Waals surface area contributed by atoms with E-state index in [0.717, 1.165) is 16.7 Å². The maximum Gasteiger partial charge on any atom is 0.338 e. The van der Waals surface area contributed by atoms with Gasteiger partial charge in [-0.15, -0.1) is 0 Å². The Morgan fingerprint density at radius 3 is 1.97 bits per heavy atom. The fourth-order valence-electron chi connectivity index (χ4n) is 10.7. The molecule has 2 aliphatic heterocycles. The number of ether oxygens (including phenoxy) is 7. The Morgan fingerprint density at radius 1 is 0.727 bits per heavy atom. The van der Waals surface area contributed by atoms with Crippen LogP contribution in [0.25, 0.3) is 27.1 Å². The third-order valence-electron chi connectivity index (χ3n) is 15.0. The maximum absolute atomic E-state index is 14.0. The summed E-state index contributed by atoms with van der Waals surface area (Å²) in [4.78, 5) is 74.2. The highest BCUT2D eigenvalue weighted by Crippen LogP contribution is 2.55. The summed E-state index contributed by atoms with van der Waals surface area (Å²) in [6.45, 7) is 2.53. The number of aromatic nitrogens is 6. The molecule has 24 heteroatoms. The number of carbonyl (C=O) groups excluding carboxylic acids is 2. The van der Waals surface area contributed by atoms with E-state index in [1.807, 2.05) is 84.9 Å². The van der Waals surface area contributed by atoms with Gasteiger partial charge in [-0.05, 0) is 82.6 Å². The van der Waals surface area contributed by atoms with E-state index in [-0.39, 0.29) is 54.3 Å². The summed E-state index contributed by atoms with van der Waals surface area (Å²) in [6, 6.07) is 50.5. The molecule has 2 aliphatic rings. The predicted molar refractivity (Wildman–Crippen MR) is 326 cm³/mol. The summed E-state index contributed by atoms with van der Waals surface area (Å²) in [5, 5.41) is 2.82. The average molecular weight is 1230 g/mol. The lowest BCUT2D eigenvalue weighted by Gasteiger charge is -2.37. The molecular formula is C64H59N8O14PS. The number of benzene rings is 6. The second-order valence-corrected chi connectivity index (χ2v) is 23.2. The minimum absolute atomic E-state index is 0.0695. The van der Waals surface area contributed by atoms with Gasteiger partial charge in [0.2, 0.25) is 6.54 Å². The van der Waals surface area contributed by atoms with E-state index in [4.69, 9.17) is 65.1 Å². The number of nitrogens with zero attached hydrogens (tertiary/aromatic N) is 6. The van der Waals surface area contributed by atoms with E-state index in [1.165, 1.54) is 30.5 Å². The lowest BCUT2D eigenvalue weighted by molar-refractivity contribution is -0.0941. The van der Waals surface area contributed by atoms with Crippen LogP contribution in [0.3, 0.4) is 0 Å². The van der Waals surface area contributed by atoms with Crippen LogP contribution in [0.4, 0.5) is 5.82 Å². The normalized spacial score (nSPS) is 19.8. The summed E-state index contributed by atoms with van der Waals surface area (Å²) in [5.74, 6) is 0.232. The Bertz CT molecular complexity index is 4040. The van der Waals surface area contributed by atoms with Gasteiger partial charge in [-0.3, -0.25) is 23.7 Å². The molecule has 0 saturated carbocycles. The number of imidazole rings is 1. The molecule has 0 aliphatic carbocycles. The number of aromatic amines is 1. The first-order valence-corrected chi connectivity index (χ1v) is 30.4. The van der Waals surface area contributed by atoms with Crippen molar-refractivity contribution in [3.05, 3.63) is 249 Å². The lowest BCUT2D eigenvalue weighted by Crippen LogP contribution is -2.40. The van der Waals surface area contributed by atoms with E-state index in [0.29, 0.717) is 22.6 Å². The Labute approximate surface area is 509 Å². The molecule has 22 nitrogen and oxygen atoms in total. The fraction of sp³-hybridized carbons (Fsp3) is 0.250. The Hall–Kier alpha value is -9.05. The molecule has 0 radical (unpaired) electrons. The molecule has 0 spiro atoms. The van der Waals surface area contributed by atoms with Crippen LogP contribution in [0, 0.1) is 6.57 Å². The number of methoxy groups -OCH3 is 3. The summed E-state index contributed by atoms with van der Waals surface area (Å²) in [5.41, 5.74) is 1.34. The van der Waals surface area contributed by atoms with Crippen LogP contribution >= 0.6 is 6.72 Å². The molecule has 2 N–H and O–H groups in total. The van der Waals surface area contributed by atoms with Gasteiger partial charge in [0, 0.05) is 25.3 Å². The lowest BCUT2D eigenvalue weighted by atomic mass is 9.80. The van der Waals surface area contributed by atoms with Crippen molar-refractivity contribution >= 4 is 47.4 Å². The van der Waals surface area contributed by atoms with Gasteiger partial charge in [0.15, 0.2) is 29.3 Å². The van der Waals surface area contributed by atoms with Gasteiger partial charge in [0.25, 0.3) is 11.5 Å². The zero-order valence-corrected chi connectivity index (χ0v) is 49.4. The summed E-state index contributed by atoms with van der Waals surface area (Å²) >= 11 is 6.32. The van der Waals surface area contributed by atoms with Gasteiger partial charge in [0.1, 0.15) is 54.6 Å². The SMILES string of the molecule is [C-]#[N+]CCOP(=S)(OC[C@H]1O[C@@H](n2cnc3c(NC(=O)c4ccccc4)ncnc32)[C@@H](OC)C1OC(=O)c1ccccc1)OC1C[C@H](n2cc(-c3ccccc3)c(=O)[nH]c2=O)O[C@@H]1COC(c1ccccc1)(c1ccc(OC)cc1)c1ccc(OC)cc1. The molecule has 0 bridgehead atoms. The minimum atomic E-state index is -4.11. The van der Waals surface area contributed by atoms with Crippen LogP contribution in [0.2, 0.25) is 0 Å². The molecule has 1 amide bonds. The Kier molecular flexibility index (Phi) is 18.8. The van der Waals surface area contributed by atoms with Gasteiger partial charge >= 0.3 is 18.4 Å². The number of rotatable bonds is 24. The maximum atomic E-state index is 14.0. The number of H-pyrrole nitrogens is 1. The fourth-order valence-corrected chi connectivity index (χ4v) is 12.8. The zero-order chi connectivity index (χ0) is 61.2. The molecule has 8 atom stereocenters. The molecule has 11 rings (SSSR count). The third-order valence-corrected chi connectivity index (χ3v) is 17.4. The first-order chi connectivity index (χ1) is 42.9. The first kappa shape index (κ1) is 60.6. The molecule has 88 heavy (non-hydrogen) atoms. The zero-order valence-electron chi connectivity index (χ0n) is 47.7. The third kappa shape index (κ3) is 13.0. The average Bonchev–Trinajstić information content (AvgIpc) is 1.64. The smallest absolute Gasteiger partial charge is 0.338 e. The number of nitrogens with one attached hydrogen (secondary N) is 2. The molecule has 9 aromatic rings.